The molecule has 0 aliphatic carbocycles. The predicted molar refractivity (Wildman–Crippen MR) is 145 cm³/mol. The summed E-state index contributed by atoms with van der Waals surface area (Å²) in [6.07, 6.45) is 1.57. The number of methoxy groups -OCH3 is 1. The first-order valence-corrected chi connectivity index (χ1v) is 13.0. The van der Waals surface area contributed by atoms with Crippen molar-refractivity contribution in [2.24, 2.45) is 0 Å². The van der Waals surface area contributed by atoms with Crippen LogP contribution in [0.25, 0.3) is 10.9 Å². The molecule has 3 aromatic rings. The zero-order valence-electron chi connectivity index (χ0n) is 20.5. The van der Waals surface area contributed by atoms with E-state index < -0.39 is 5.69 Å². The first-order valence-electron chi connectivity index (χ1n) is 12.2. The number of rotatable bonds is 10. The lowest BCUT2D eigenvalue weighted by molar-refractivity contribution is -0.121. The first-order chi connectivity index (χ1) is 17.4. The Bertz CT molecular complexity index is 1300. The number of carbonyl (C=O) groups is 1. The fraction of sp³-hybridized carbons (Fsp3) is 0.423. The third-order valence-electron chi connectivity index (χ3n) is 6.51. The molecule has 10 heteroatoms. The Kier molecular flexibility index (Phi) is 8.82. The van der Waals surface area contributed by atoms with Crippen LogP contribution in [0.3, 0.4) is 0 Å². The average Bonchev–Trinajstić information content (AvgIpc) is 2.89. The summed E-state index contributed by atoms with van der Waals surface area (Å²) >= 11 is 3.35. The van der Waals surface area contributed by atoms with Gasteiger partial charge in [-0.2, -0.15) is 0 Å². The van der Waals surface area contributed by atoms with Crippen LogP contribution in [0.5, 0.6) is 5.75 Å². The second-order valence-corrected chi connectivity index (χ2v) is 9.83. The van der Waals surface area contributed by atoms with Gasteiger partial charge in [0.2, 0.25) is 5.91 Å². The summed E-state index contributed by atoms with van der Waals surface area (Å²) < 4.78 is 7.16. The Morgan fingerprint density at radius 2 is 1.78 bits per heavy atom. The van der Waals surface area contributed by atoms with Crippen LogP contribution in [0.1, 0.15) is 19.3 Å². The van der Waals surface area contributed by atoms with E-state index in [-0.39, 0.29) is 24.4 Å². The van der Waals surface area contributed by atoms with Gasteiger partial charge in [-0.1, -0.05) is 15.9 Å². The molecule has 0 bridgehead atoms. The quantitative estimate of drug-likeness (QED) is 0.372. The maximum atomic E-state index is 12.7. The number of aromatic amines is 1. The van der Waals surface area contributed by atoms with E-state index in [4.69, 9.17) is 4.74 Å². The van der Waals surface area contributed by atoms with E-state index in [1.165, 1.54) is 5.69 Å². The standard InChI is InChI=1S/C26H32BrN5O4/c1-36-21-8-6-20(7-9-21)31-16-14-30(15-17-31)12-3-11-28-24(33)4-2-13-32-25(34)22-18-19(27)5-10-23(22)29-26(32)35/h5-10,18H,2-4,11-17H2,1H3,(H,28,33)(H,29,35). The van der Waals surface area contributed by atoms with Gasteiger partial charge in [0.25, 0.3) is 5.56 Å². The molecule has 2 N–H and O–H groups in total. The van der Waals surface area contributed by atoms with Crippen molar-refractivity contribution in [1.29, 1.82) is 0 Å². The SMILES string of the molecule is COc1ccc(N2CCN(CCCNC(=O)CCCn3c(=O)[nH]c4ccc(Br)cc4c3=O)CC2)cc1. The van der Waals surface area contributed by atoms with Gasteiger partial charge in [-0.25, -0.2) is 4.79 Å². The predicted octanol–water partition coefficient (Wildman–Crippen LogP) is 2.57. The Labute approximate surface area is 218 Å². The zero-order chi connectivity index (χ0) is 25.5. The van der Waals surface area contributed by atoms with Crippen molar-refractivity contribution in [2.45, 2.75) is 25.8 Å². The van der Waals surface area contributed by atoms with Crippen molar-refractivity contribution in [1.82, 2.24) is 19.8 Å². The molecule has 2 heterocycles. The van der Waals surface area contributed by atoms with E-state index in [1.54, 1.807) is 25.3 Å². The average molecular weight is 558 g/mol. The summed E-state index contributed by atoms with van der Waals surface area (Å²) in [7, 11) is 1.67. The number of hydrogen-bond acceptors (Lipinski definition) is 6. The Morgan fingerprint density at radius 3 is 2.50 bits per heavy atom. The molecule has 1 aromatic heterocycles. The molecule has 9 nitrogen and oxygen atoms in total. The van der Waals surface area contributed by atoms with E-state index in [0.717, 1.165) is 53.9 Å². The van der Waals surface area contributed by atoms with Gasteiger partial charge in [0, 0.05) is 55.8 Å². The van der Waals surface area contributed by atoms with Crippen LogP contribution in [0.4, 0.5) is 5.69 Å². The van der Waals surface area contributed by atoms with Gasteiger partial charge in [0.15, 0.2) is 0 Å². The van der Waals surface area contributed by atoms with E-state index >= 15 is 0 Å². The van der Waals surface area contributed by atoms with Crippen molar-refractivity contribution in [3.63, 3.8) is 0 Å². The summed E-state index contributed by atoms with van der Waals surface area (Å²) in [6, 6.07) is 13.3. The van der Waals surface area contributed by atoms with Gasteiger partial charge >= 0.3 is 5.69 Å². The fourth-order valence-electron chi connectivity index (χ4n) is 4.47. The van der Waals surface area contributed by atoms with Gasteiger partial charge < -0.3 is 19.9 Å². The first kappa shape index (κ1) is 26.0. The second-order valence-electron chi connectivity index (χ2n) is 8.91. The van der Waals surface area contributed by atoms with Crippen molar-refractivity contribution in [3.05, 3.63) is 67.8 Å². The minimum atomic E-state index is -0.456. The van der Waals surface area contributed by atoms with Gasteiger partial charge in [0.1, 0.15) is 5.75 Å². The molecule has 1 aliphatic rings. The van der Waals surface area contributed by atoms with Crippen LogP contribution in [-0.4, -0.2) is 66.7 Å². The van der Waals surface area contributed by atoms with Crippen molar-refractivity contribution < 1.29 is 9.53 Å². The topological polar surface area (TPSA) is 99.7 Å². The summed E-state index contributed by atoms with van der Waals surface area (Å²) in [4.78, 5) is 44.7. The molecule has 0 spiro atoms. The number of nitrogens with zero attached hydrogens (tertiary/aromatic N) is 3. The number of piperazine rings is 1. The highest BCUT2D eigenvalue weighted by molar-refractivity contribution is 9.10. The van der Waals surface area contributed by atoms with Gasteiger partial charge in [0.05, 0.1) is 18.0 Å². The molecule has 0 atom stereocenters. The number of anilines is 1. The third-order valence-corrected chi connectivity index (χ3v) is 7.01. The van der Waals surface area contributed by atoms with E-state index in [9.17, 15) is 14.4 Å². The van der Waals surface area contributed by atoms with E-state index in [0.29, 0.717) is 23.9 Å². The summed E-state index contributed by atoms with van der Waals surface area (Å²) in [5, 5.41) is 3.40. The van der Waals surface area contributed by atoms with Gasteiger partial charge in [-0.05, 0) is 61.9 Å². The number of aromatic nitrogens is 2. The molecule has 1 amide bonds. The van der Waals surface area contributed by atoms with Crippen LogP contribution in [-0.2, 0) is 11.3 Å². The second kappa shape index (κ2) is 12.2. The molecular formula is C26H32BrN5O4. The van der Waals surface area contributed by atoms with Crippen LogP contribution in [0.2, 0.25) is 0 Å². The highest BCUT2D eigenvalue weighted by Gasteiger charge is 2.17. The Morgan fingerprint density at radius 1 is 1.03 bits per heavy atom. The maximum Gasteiger partial charge on any atom is 0.328 e. The summed E-state index contributed by atoms with van der Waals surface area (Å²) in [5.74, 6) is 0.802. The zero-order valence-corrected chi connectivity index (χ0v) is 22.1. The number of fused-ring (bicyclic) bond motifs is 1. The molecule has 0 saturated carbocycles. The largest absolute Gasteiger partial charge is 0.497 e. The molecule has 192 valence electrons. The van der Waals surface area contributed by atoms with Crippen LogP contribution in [0.15, 0.2) is 56.5 Å². The van der Waals surface area contributed by atoms with Gasteiger partial charge in [-0.15, -0.1) is 0 Å². The number of amides is 1. The number of carbonyl (C=O) groups excluding carboxylic acids is 1. The molecule has 2 aromatic carbocycles. The third kappa shape index (κ3) is 6.55. The number of hydrogen-bond donors (Lipinski definition) is 2. The smallest absolute Gasteiger partial charge is 0.328 e. The molecule has 36 heavy (non-hydrogen) atoms. The Hall–Kier alpha value is -3.11. The highest BCUT2D eigenvalue weighted by Crippen LogP contribution is 2.20. The minimum absolute atomic E-state index is 0.0627. The van der Waals surface area contributed by atoms with Gasteiger partial charge in [-0.3, -0.25) is 19.1 Å². The summed E-state index contributed by atoms with van der Waals surface area (Å²) in [5.41, 5.74) is 0.915. The number of benzene rings is 2. The lowest BCUT2D eigenvalue weighted by Gasteiger charge is -2.36. The number of halogens is 1. The van der Waals surface area contributed by atoms with E-state index in [1.807, 2.05) is 12.1 Å². The number of nitrogens with one attached hydrogen (secondary N) is 2. The number of ether oxygens (including phenoxy) is 1. The lowest BCUT2D eigenvalue weighted by Crippen LogP contribution is -2.47. The number of H-pyrrole nitrogens is 1. The lowest BCUT2D eigenvalue weighted by atomic mass is 10.2. The van der Waals surface area contributed by atoms with Crippen LogP contribution < -0.4 is 26.2 Å². The fourth-order valence-corrected chi connectivity index (χ4v) is 4.83. The van der Waals surface area contributed by atoms with E-state index in [2.05, 4.69) is 48.2 Å². The molecule has 1 saturated heterocycles. The normalized spacial score (nSPS) is 14.2. The molecule has 0 radical (unpaired) electrons. The molecule has 4 rings (SSSR count). The molecular weight excluding hydrogens is 526 g/mol. The van der Waals surface area contributed by atoms with Crippen molar-refractivity contribution in [2.75, 3.05) is 51.3 Å². The minimum Gasteiger partial charge on any atom is -0.497 e. The van der Waals surface area contributed by atoms with Crippen LogP contribution >= 0.6 is 15.9 Å². The van der Waals surface area contributed by atoms with Crippen molar-refractivity contribution >= 4 is 38.4 Å². The molecule has 1 aliphatic heterocycles. The molecule has 0 unspecified atom stereocenters. The molecule has 1 fully saturated rings. The Balaban J connectivity index is 1.14. The highest BCUT2D eigenvalue weighted by atomic mass is 79.9. The maximum absolute atomic E-state index is 12.7. The summed E-state index contributed by atoms with van der Waals surface area (Å²) in [6.45, 7) is 5.68. The van der Waals surface area contributed by atoms with Crippen LogP contribution in [0, 0.1) is 0 Å². The van der Waals surface area contributed by atoms with Crippen molar-refractivity contribution in [3.8, 4) is 5.75 Å². The monoisotopic (exact) mass is 557 g/mol.